The van der Waals surface area contributed by atoms with E-state index < -0.39 is 0 Å². The lowest BCUT2D eigenvalue weighted by Gasteiger charge is -2.25. The Morgan fingerprint density at radius 3 is 2.84 bits per heavy atom. The highest BCUT2D eigenvalue weighted by Gasteiger charge is 2.21. The van der Waals surface area contributed by atoms with E-state index in [1.807, 2.05) is 6.07 Å². The lowest BCUT2D eigenvalue weighted by atomic mass is 10.1. The molecule has 1 fully saturated rings. The molecule has 1 atom stereocenters. The number of likely N-dealkylation sites (N-methyl/N-ethyl adjacent to an activating group) is 2. The number of methoxy groups -OCH3 is 1. The van der Waals surface area contributed by atoms with Gasteiger partial charge in [0, 0.05) is 19.1 Å². The van der Waals surface area contributed by atoms with Crippen molar-refractivity contribution >= 4 is 15.9 Å². The maximum atomic E-state index is 5.26. The van der Waals surface area contributed by atoms with Crippen LogP contribution in [0.5, 0.6) is 5.75 Å². The third kappa shape index (κ3) is 3.94. The highest BCUT2D eigenvalue weighted by Crippen LogP contribution is 2.26. The van der Waals surface area contributed by atoms with Crippen LogP contribution in [-0.2, 0) is 6.54 Å². The number of rotatable bonds is 5. The molecule has 3 nitrogen and oxygen atoms in total. The molecule has 1 heterocycles. The minimum absolute atomic E-state index is 0.715. The van der Waals surface area contributed by atoms with Gasteiger partial charge in [0.25, 0.3) is 0 Å². The summed E-state index contributed by atoms with van der Waals surface area (Å²) >= 11 is 3.54. The maximum Gasteiger partial charge on any atom is 0.133 e. The molecule has 0 aromatic heterocycles. The number of hydrogen-bond acceptors (Lipinski definition) is 3. The average Bonchev–Trinajstić information content (AvgIpc) is 2.75. The standard InChI is InChI=1S/C15H23BrN2O/c1-17(11-13-5-4-8-18(13)2)10-12-6-7-15(19-3)14(16)9-12/h6-7,9,13H,4-5,8,10-11H2,1-3H3. The van der Waals surface area contributed by atoms with Crippen LogP contribution in [0.1, 0.15) is 18.4 Å². The van der Waals surface area contributed by atoms with E-state index in [4.69, 9.17) is 4.74 Å². The molecular weight excluding hydrogens is 304 g/mol. The summed E-state index contributed by atoms with van der Waals surface area (Å²) in [7, 11) is 6.13. The number of likely N-dealkylation sites (tertiary alicyclic amines) is 1. The van der Waals surface area contributed by atoms with Crippen molar-refractivity contribution in [3.8, 4) is 5.75 Å². The number of nitrogens with zero attached hydrogens (tertiary/aromatic N) is 2. The first kappa shape index (κ1) is 14.8. The van der Waals surface area contributed by atoms with Crippen LogP contribution in [0.15, 0.2) is 22.7 Å². The minimum atomic E-state index is 0.715. The molecule has 0 saturated carbocycles. The Hall–Kier alpha value is -0.580. The number of hydrogen-bond donors (Lipinski definition) is 0. The fraction of sp³-hybridized carbons (Fsp3) is 0.600. The third-order valence-corrected chi connectivity index (χ3v) is 4.48. The van der Waals surface area contributed by atoms with Crippen molar-refractivity contribution < 1.29 is 4.74 Å². The predicted molar refractivity (Wildman–Crippen MR) is 82.7 cm³/mol. The van der Waals surface area contributed by atoms with E-state index in [-0.39, 0.29) is 0 Å². The van der Waals surface area contributed by atoms with Crippen molar-refractivity contribution in [3.63, 3.8) is 0 Å². The van der Waals surface area contributed by atoms with Crippen LogP contribution in [0, 0.1) is 0 Å². The molecule has 1 aliphatic rings. The highest BCUT2D eigenvalue weighted by atomic mass is 79.9. The summed E-state index contributed by atoms with van der Waals surface area (Å²) in [6.45, 7) is 3.36. The normalized spacial score (nSPS) is 20.2. The molecule has 1 saturated heterocycles. The largest absolute Gasteiger partial charge is 0.496 e. The van der Waals surface area contributed by atoms with E-state index in [0.717, 1.165) is 23.3 Å². The second-order valence-electron chi connectivity index (χ2n) is 5.44. The number of halogens is 1. The molecule has 1 aliphatic heterocycles. The topological polar surface area (TPSA) is 15.7 Å². The van der Waals surface area contributed by atoms with Crippen molar-refractivity contribution in [2.45, 2.75) is 25.4 Å². The van der Waals surface area contributed by atoms with Crippen LogP contribution in [-0.4, -0.2) is 50.1 Å². The molecule has 1 aromatic carbocycles. The SMILES string of the molecule is COc1ccc(CN(C)CC2CCCN2C)cc1Br. The van der Waals surface area contributed by atoms with Gasteiger partial charge in [0.1, 0.15) is 5.75 Å². The fourth-order valence-electron chi connectivity index (χ4n) is 2.75. The summed E-state index contributed by atoms with van der Waals surface area (Å²) < 4.78 is 6.29. The van der Waals surface area contributed by atoms with Gasteiger partial charge >= 0.3 is 0 Å². The van der Waals surface area contributed by atoms with E-state index in [1.165, 1.54) is 24.9 Å². The van der Waals surface area contributed by atoms with Gasteiger partial charge in [-0.15, -0.1) is 0 Å². The molecule has 0 radical (unpaired) electrons. The van der Waals surface area contributed by atoms with Crippen LogP contribution in [0.4, 0.5) is 0 Å². The Bertz CT molecular complexity index is 425. The van der Waals surface area contributed by atoms with Gasteiger partial charge in [-0.1, -0.05) is 6.07 Å². The van der Waals surface area contributed by atoms with Gasteiger partial charge in [0.05, 0.1) is 11.6 Å². The van der Waals surface area contributed by atoms with Gasteiger partial charge in [-0.25, -0.2) is 0 Å². The minimum Gasteiger partial charge on any atom is -0.496 e. The zero-order chi connectivity index (χ0) is 13.8. The molecule has 19 heavy (non-hydrogen) atoms. The summed E-state index contributed by atoms with van der Waals surface area (Å²) in [4.78, 5) is 4.88. The van der Waals surface area contributed by atoms with E-state index >= 15 is 0 Å². The maximum absolute atomic E-state index is 5.26. The Labute approximate surface area is 124 Å². The molecule has 1 aromatic rings. The van der Waals surface area contributed by atoms with E-state index in [0.29, 0.717) is 6.04 Å². The summed E-state index contributed by atoms with van der Waals surface area (Å²) in [6.07, 6.45) is 2.66. The molecular formula is C15H23BrN2O. The van der Waals surface area contributed by atoms with Crippen LogP contribution in [0.2, 0.25) is 0 Å². The summed E-state index contributed by atoms with van der Waals surface area (Å²) in [5.74, 6) is 0.891. The first-order valence-electron chi connectivity index (χ1n) is 6.81. The smallest absolute Gasteiger partial charge is 0.133 e. The quantitative estimate of drug-likeness (QED) is 0.827. The Morgan fingerprint density at radius 2 is 2.26 bits per heavy atom. The van der Waals surface area contributed by atoms with Crippen molar-refractivity contribution in [2.24, 2.45) is 0 Å². The van der Waals surface area contributed by atoms with Crippen LogP contribution < -0.4 is 4.74 Å². The summed E-state index contributed by atoms with van der Waals surface area (Å²) in [5, 5.41) is 0. The molecule has 1 unspecified atom stereocenters. The van der Waals surface area contributed by atoms with E-state index in [2.05, 4.69) is 52.0 Å². The summed E-state index contributed by atoms with van der Waals surface area (Å²) in [5.41, 5.74) is 1.32. The predicted octanol–water partition coefficient (Wildman–Crippen LogP) is 2.98. The molecule has 0 bridgehead atoms. The molecule has 0 aliphatic carbocycles. The van der Waals surface area contributed by atoms with Crippen molar-refractivity contribution in [2.75, 3.05) is 34.3 Å². The second-order valence-corrected chi connectivity index (χ2v) is 6.30. The van der Waals surface area contributed by atoms with Gasteiger partial charge in [-0.2, -0.15) is 0 Å². The molecule has 106 valence electrons. The lowest BCUT2D eigenvalue weighted by Crippen LogP contribution is -2.36. The third-order valence-electron chi connectivity index (χ3n) is 3.86. The average molecular weight is 327 g/mol. The van der Waals surface area contributed by atoms with E-state index in [9.17, 15) is 0 Å². The number of ether oxygens (including phenoxy) is 1. The molecule has 4 heteroatoms. The van der Waals surface area contributed by atoms with Crippen LogP contribution in [0.25, 0.3) is 0 Å². The Balaban J connectivity index is 1.91. The van der Waals surface area contributed by atoms with Gasteiger partial charge < -0.3 is 14.5 Å². The zero-order valence-corrected chi connectivity index (χ0v) is 13.6. The Kier molecular flexibility index (Phi) is 5.25. The van der Waals surface area contributed by atoms with Gasteiger partial charge in [0.2, 0.25) is 0 Å². The zero-order valence-electron chi connectivity index (χ0n) is 12.0. The monoisotopic (exact) mass is 326 g/mol. The van der Waals surface area contributed by atoms with Crippen LogP contribution in [0.3, 0.4) is 0 Å². The first-order chi connectivity index (χ1) is 9.10. The molecule has 0 amide bonds. The van der Waals surface area contributed by atoms with Crippen LogP contribution >= 0.6 is 15.9 Å². The summed E-state index contributed by atoms with van der Waals surface area (Å²) in [6, 6.07) is 7.02. The molecule has 0 spiro atoms. The lowest BCUT2D eigenvalue weighted by molar-refractivity contribution is 0.215. The highest BCUT2D eigenvalue weighted by molar-refractivity contribution is 9.10. The van der Waals surface area contributed by atoms with Gasteiger partial charge in [0.15, 0.2) is 0 Å². The molecule has 0 N–H and O–H groups in total. The van der Waals surface area contributed by atoms with Crippen molar-refractivity contribution in [3.05, 3.63) is 28.2 Å². The molecule has 2 rings (SSSR count). The first-order valence-corrected chi connectivity index (χ1v) is 7.60. The van der Waals surface area contributed by atoms with E-state index in [1.54, 1.807) is 7.11 Å². The number of benzene rings is 1. The second kappa shape index (κ2) is 6.73. The van der Waals surface area contributed by atoms with Gasteiger partial charge in [-0.05, 0) is 67.1 Å². The fourth-order valence-corrected chi connectivity index (χ4v) is 3.34. The van der Waals surface area contributed by atoms with Gasteiger partial charge in [-0.3, -0.25) is 0 Å². The van der Waals surface area contributed by atoms with Crippen molar-refractivity contribution in [1.82, 2.24) is 9.80 Å². The Morgan fingerprint density at radius 1 is 1.47 bits per heavy atom. The van der Waals surface area contributed by atoms with Crippen molar-refractivity contribution in [1.29, 1.82) is 0 Å².